The van der Waals surface area contributed by atoms with Gasteiger partial charge >= 0.3 is 5.97 Å². The molecule has 23 heavy (non-hydrogen) atoms. The Morgan fingerprint density at radius 1 is 1.13 bits per heavy atom. The smallest absolute Gasteiger partial charge is 0.305 e. The molecule has 0 spiro atoms. The summed E-state index contributed by atoms with van der Waals surface area (Å²) in [5, 5.41) is 1.53. The molecular weight excluding hydrogens is 312 g/mol. The van der Waals surface area contributed by atoms with Gasteiger partial charge in [-0.15, -0.1) is 0 Å². The van der Waals surface area contributed by atoms with Crippen molar-refractivity contribution in [2.45, 2.75) is 12.8 Å². The molecule has 0 bridgehead atoms. The molecule has 1 heterocycles. The fourth-order valence-electron chi connectivity index (χ4n) is 2.39. The van der Waals surface area contributed by atoms with Gasteiger partial charge < -0.3 is 4.74 Å². The van der Waals surface area contributed by atoms with E-state index < -0.39 is 0 Å². The van der Waals surface area contributed by atoms with Crippen molar-refractivity contribution in [1.29, 1.82) is 0 Å². The lowest BCUT2D eigenvalue weighted by Crippen LogP contribution is -2.05. The summed E-state index contributed by atoms with van der Waals surface area (Å²) < 4.78 is 4.68. The average Bonchev–Trinajstić information content (AvgIpc) is 2.59. The number of hydrogen-bond acceptors (Lipinski definition) is 4. The zero-order valence-electron chi connectivity index (χ0n) is 12.6. The third-order valence-corrected chi connectivity index (χ3v) is 3.77. The minimum absolute atomic E-state index is 0.254. The topological polar surface area (TPSA) is 52.1 Å². The Hall–Kier alpha value is -2.46. The molecule has 0 aliphatic rings. The van der Waals surface area contributed by atoms with Crippen molar-refractivity contribution in [2.24, 2.45) is 0 Å². The molecule has 0 N–H and O–H groups in total. The highest BCUT2D eigenvalue weighted by atomic mass is 35.5. The lowest BCUT2D eigenvalue weighted by molar-refractivity contribution is -0.140. The van der Waals surface area contributed by atoms with Crippen molar-refractivity contribution in [3.8, 4) is 11.3 Å². The van der Waals surface area contributed by atoms with Crippen LogP contribution in [0.25, 0.3) is 22.2 Å². The maximum atomic E-state index is 11.4. The van der Waals surface area contributed by atoms with Gasteiger partial charge in [0.05, 0.1) is 24.7 Å². The molecule has 116 valence electrons. The highest BCUT2D eigenvalue weighted by molar-refractivity contribution is 6.31. The first-order valence-corrected chi connectivity index (χ1v) is 7.63. The van der Waals surface area contributed by atoms with Gasteiger partial charge in [-0.1, -0.05) is 41.9 Å². The highest BCUT2D eigenvalue weighted by Gasteiger charge is 2.11. The van der Waals surface area contributed by atoms with Crippen LogP contribution in [0.3, 0.4) is 0 Å². The third kappa shape index (κ3) is 3.48. The van der Waals surface area contributed by atoms with Gasteiger partial charge in [-0.05, 0) is 18.2 Å². The first kappa shape index (κ1) is 15.4. The number of benzene rings is 2. The Morgan fingerprint density at radius 2 is 1.91 bits per heavy atom. The van der Waals surface area contributed by atoms with Crippen LogP contribution in [0.15, 0.2) is 48.5 Å². The van der Waals surface area contributed by atoms with E-state index in [4.69, 9.17) is 11.6 Å². The number of ether oxygens (including phenoxy) is 1. The molecular formula is C18H15ClN2O2. The number of carbonyl (C=O) groups is 1. The van der Waals surface area contributed by atoms with Gasteiger partial charge in [-0.25, -0.2) is 9.97 Å². The number of carbonyl (C=O) groups excluding carboxylic acids is 1. The molecule has 0 fully saturated rings. The Kier molecular flexibility index (Phi) is 4.53. The number of methoxy groups -OCH3 is 1. The lowest BCUT2D eigenvalue weighted by atomic mass is 10.1. The van der Waals surface area contributed by atoms with E-state index in [0.717, 1.165) is 22.2 Å². The number of rotatable bonds is 4. The maximum Gasteiger partial charge on any atom is 0.305 e. The minimum atomic E-state index is -0.272. The second-order valence-corrected chi connectivity index (χ2v) is 5.53. The van der Waals surface area contributed by atoms with Crippen molar-refractivity contribution in [3.05, 3.63) is 59.4 Å². The van der Waals surface area contributed by atoms with E-state index in [2.05, 4.69) is 14.7 Å². The fourth-order valence-corrected chi connectivity index (χ4v) is 2.56. The summed E-state index contributed by atoms with van der Waals surface area (Å²) in [6.45, 7) is 0. The molecule has 2 aromatic carbocycles. The van der Waals surface area contributed by atoms with Crippen LogP contribution in [0.1, 0.15) is 12.2 Å². The SMILES string of the molecule is COC(=O)CCc1nc(-c2ccccc2)c2cc(Cl)ccc2n1. The summed E-state index contributed by atoms with van der Waals surface area (Å²) in [5.41, 5.74) is 2.61. The van der Waals surface area contributed by atoms with Crippen LogP contribution >= 0.6 is 11.6 Å². The molecule has 0 saturated heterocycles. The van der Waals surface area contributed by atoms with Crippen molar-refractivity contribution < 1.29 is 9.53 Å². The summed E-state index contributed by atoms with van der Waals surface area (Å²) in [6.07, 6.45) is 0.689. The lowest BCUT2D eigenvalue weighted by Gasteiger charge is -2.09. The van der Waals surface area contributed by atoms with E-state index in [1.54, 1.807) is 6.07 Å². The van der Waals surface area contributed by atoms with Crippen LogP contribution in [-0.2, 0) is 16.0 Å². The number of hydrogen-bond donors (Lipinski definition) is 0. The molecule has 0 aliphatic carbocycles. The minimum Gasteiger partial charge on any atom is -0.469 e. The summed E-state index contributed by atoms with van der Waals surface area (Å²) in [7, 11) is 1.38. The predicted molar refractivity (Wildman–Crippen MR) is 90.3 cm³/mol. The van der Waals surface area contributed by atoms with Crippen molar-refractivity contribution >= 4 is 28.5 Å². The van der Waals surface area contributed by atoms with Gasteiger partial charge in [0, 0.05) is 22.4 Å². The fraction of sp³-hybridized carbons (Fsp3) is 0.167. The second kappa shape index (κ2) is 6.75. The van der Waals surface area contributed by atoms with Gasteiger partial charge in [0.2, 0.25) is 0 Å². The standard InChI is InChI=1S/C18H15ClN2O2/c1-23-17(22)10-9-16-20-15-8-7-13(19)11-14(15)18(21-16)12-5-3-2-4-6-12/h2-8,11H,9-10H2,1H3. The number of aromatic nitrogens is 2. The molecule has 5 heteroatoms. The van der Waals surface area contributed by atoms with Gasteiger partial charge in [0.15, 0.2) is 0 Å². The molecule has 0 radical (unpaired) electrons. The van der Waals surface area contributed by atoms with Crippen LogP contribution in [-0.4, -0.2) is 23.0 Å². The first-order valence-electron chi connectivity index (χ1n) is 7.26. The molecule has 1 aromatic heterocycles. The molecule has 0 unspecified atom stereocenters. The summed E-state index contributed by atoms with van der Waals surface area (Å²) >= 11 is 6.12. The Bertz CT molecular complexity index is 850. The Morgan fingerprint density at radius 3 is 2.65 bits per heavy atom. The van der Waals surface area contributed by atoms with Crippen LogP contribution < -0.4 is 0 Å². The number of aryl methyl sites for hydroxylation is 1. The summed E-state index contributed by atoms with van der Waals surface area (Å²) in [4.78, 5) is 20.5. The quantitative estimate of drug-likeness (QED) is 0.678. The maximum absolute atomic E-state index is 11.4. The van der Waals surface area contributed by atoms with Crippen molar-refractivity contribution in [1.82, 2.24) is 9.97 Å². The van der Waals surface area contributed by atoms with E-state index >= 15 is 0 Å². The van der Waals surface area contributed by atoms with E-state index in [9.17, 15) is 4.79 Å². The van der Waals surface area contributed by atoms with Gasteiger partial charge in [-0.2, -0.15) is 0 Å². The van der Waals surface area contributed by atoms with Gasteiger partial charge in [-0.3, -0.25) is 4.79 Å². The predicted octanol–water partition coefficient (Wildman–Crippen LogP) is 4.06. The van der Waals surface area contributed by atoms with Crippen molar-refractivity contribution in [2.75, 3.05) is 7.11 Å². The number of esters is 1. The molecule has 3 aromatic rings. The normalized spacial score (nSPS) is 10.7. The highest BCUT2D eigenvalue weighted by Crippen LogP contribution is 2.28. The van der Waals surface area contributed by atoms with Gasteiger partial charge in [0.25, 0.3) is 0 Å². The van der Waals surface area contributed by atoms with Crippen LogP contribution in [0.5, 0.6) is 0 Å². The van der Waals surface area contributed by atoms with E-state index in [0.29, 0.717) is 17.3 Å². The number of halogens is 1. The monoisotopic (exact) mass is 326 g/mol. The summed E-state index contributed by atoms with van der Waals surface area (Å²) in [5.74, 6) is 0.343. The molecule has 0 atom stereocenters. The molecule has 3 rings (SSSR count). The summed E-state index contributed by atoms with van der Waals surface area (Å²) in [6, 6.07) is 15.4. The van der Waals surface area contributed by atoms with E-state index in [-0.39, 0.29) is 12.4 Å². The molecule has 4 nitrogen and oxygen atoms in total. The molecule has 0 aliphatic heterocycles. The van der Waals surface area contributed by atoms with Crippen LogP contribution in [0, 0.1) is 0 Å². The van der Waals surface area contributed by atoms with E-state index in [1.807, 2.05) is 42.5 Å². The Balaban J connectivity index is 2.11. The molecule has 0 saturated carbocycles. The third-order valence-electron chi connectivity index (χ3n) is 3.53. The van der Waals surface area contributed by atoms with E-state index in [1.165, 1.54) is 7.11 Å². The zero-order valence-corrected chi connectivity index (χ0v) is 13.4. The zero-order chi connectivity index (χ0) is 16.2. The van der Waals surface area contributed by atoms with Crippen LogP contribution in [0.2, 0.25) is 5.02 Å². The Labute approximate surface area is 139 Å². The first-order chi connectivity index (χ1) is 11.2. The largest absolute Gasteiger partial charge is 0.469 e. The van der Waals surface area contributed by atoms with Crippen molar-refractivity contribution in [3.63, 3.8) is 0 Å². The van der Waals surface area contributed by atoms with Crippen LogP contribution in [0.4, 0.5) is 0 Å². The number of fused-ring (bicyclic) bond motifs is 1. The number of nitrogens with zero attached hydrogens (tertiary/aromatic N) is 2. The average molecular weight is 327 g/mol. The second-order valence-electron chi connectivity index (χ2n) is 5.09. The molecule has 0 amide bonds. The van der Waals surface area contributed by atoms with Gasteiger partial charge in [0.1, 0.15) is 5.82 Å².